The van der Waals surface area contributed by atoms with E-state index in [9.17, 15) is 0 Å². The van der Waals surface area contributed by atoms with Crippen molar-refractivity contribution >= 4 is 0 Å². The zero-order chi connectivity index (χ0) is 14.4. The largest absolute Gasteiger partial charge is 0.307 e. The molecule has 0 radical (unpaired) electrons. The average Bonchev–Trinajstić information content (AvgIpc) is 2.35. The molecule has 1 aromatic rings. The van der Waals surface area contributed by atoms with Gasteiger partial charge in [0.25, 0.3) is 0 Å². The maximum atomic E-state index is 3.70. The quantitative estimate of drug-likeness (QED) is 0.739. The van der Waals surface area contributed by atoms with Crippen LogP contribution in [0.5, 0.6) is 0 Å². The summed E-state index contributed by atoms with van der Waals surface area (Å²) >= 11 is 0. The molecule has 1 atom stereocenters. The lowest BCUT2D eigenvalue weighted by Gasteiger charge is -2.24. The molecule has 1 nitrogen and oxygen atoms in total. The van der Waals surface area contributed by atoms with Crippen LogP contribution in [-0.4, -0.2) is 6.54 Å². The van der Waals surface area contributed by atoms with Crippen molar-refractivity contribution in [3.05, 3.63) is 46.5 Å². The van der Waals surface area contributed by atoms with Crippen LogP contribution in [0.1, 0.15) is 68.2 Å². The van der Waals surface area contributed by atoms with E-state index in [1.54, 1.807) is 5.57 Å². The Hall–Kier alpha value is -1.08. The molecule has 110 valence electrons. The van der Waals surface area contributed by atoms with Crippen LogP contribution in [0, 0.1) is 13.8 Å². The zero-order valence-corrected chi connectivity index (χ0v) is 13.3. The van der Waals surface area contributed by atoms with E-state index in [4.69, 9.17) is 0 Å². The first-order valence-electron chi connectivity index (χ1n) is 8.21. The predicted molar refractivity (Wildman–Crippen MR) is 88.1 cm³/mol. The SMILES string of the molecule is CCNC(/C1=C/CCCCCC1)c1cc(C)cc(C)c1. The smallest absolute Gasteiger partial charge is 0.0536 e. The molecule has 1 unspecified atom stereocenters. The van der Waals surface area contributed by atoms with E-state index in [0.29, 0.717) is 6.04 Å². The van der Waals surface area contributed by atoms with Crippen LogP contribution in [0.3, 0.4) is 0 Å². The molecule has 2 rings (SSSR count). The zero-order valence-electron chi connectivity index (χ0n) is 13.3. The molecule has 1 aliphatic carbocycles. The summed E-state index contributed by atoms with van der Waals surface area (Å²) in [7, 11) is 0. The van der Waals surface area contributed by atoms with Gasteiger partial charge in [0, 0.05) is 0 Å². The maximum Gasteiger partial charge on any atom is 0.0536 e. The van der Waals surface area contributed by atoms with Crippen molar-refractivity contribution in [2.75, 3.05) is 6.54 Å². The van der Waals surface area contributed by atoms with Gasteiger partial charge in [0.05, 0.1) is 6.04 Å². The molecule has 0 saturated heterocycles. The summed E-state index contributed by atoms with van der Waals surface area (Å²) in [6, 6.07) is 7.37. The number of likely N-dealkylation sites (N-methyl/N-ethyl adjacent to an activating group) is 1. The molecule has 0 saturated carbocycles. The third-order valence-electron chi connectivity index (χ3n) is 4.18. The fraction of sp³-hybridized carbons (Fsp3) is 0.579. The third kappa shape index (κ3) is 4.21. The fourth-order valence-electron chi connectivity index (χ4n) is 3.32. The van der Waals surface area contributed by atoms with Crippen LogP contribution in [0.4, 0.5) is 0 Å². The molecule has 0 aliphatic heterocycles. The lowest BCUT2D eigenvalue weighted by atomic mass is 9.89. The van der Waals surface area contributed by atoms with E-state index in [2.05, 4.69) is 50.4 Å². The molecular formula is C19H29N. The molecule has 1 aromatic carbocycles. The van der Waals surface area contributed by atoms with Gasteiger partial charge in [-0.25, -0.2) is 0 Å². The first kappa shape index (κ1) is 15.3. The number of nitrogens with one attached hydrogen (secondary N) is 1. The van der Waals surface area contributed by atoms with E-state index < -0.39 is 0 Å². The van der Waals surface area contributed by atoms with Crippen LogP contribution in [-0.2, 0) is 0 Å². The second-order valence-corrected chi connectivity index (χ2v) is 6.14. The van der Waals surface area contributed by atoms with Crippen molar-refractivity contribution in [1.29, 1.82) is 0 Å². The maximum absolute atomic E-state index is 3.70. The Morgan fingerprint density at radius 3 is 2.40 bits per heavy atom. The van der Waals surface area contributed by atoms with Crippen molar-refractivity contribution in [3.63, 3.8) is 0 Å². The van der Waals surface area contributed by atoms with Gasteiger partial charge in [-0.3, -0.25) is 0 Å². The number of rotatable bonds is 4. The molecule has 0 bridgehead atoms. The second kappa shape index (κ2) is 7.64. The van der Waals surface area contributed by atoms with Crippen LogP contribution in [0.15, 0.2) is 29.8 Å². The van der Waals surface area contributed by atoms with Crippen molar-refractivity contribution < 1.29 is 0 Å². The summed E-state index contributed by atoms with van der Waals surface area (Å²) in [5, 5.41) is 3.70. The average molecular weight is 271 g/mol. The summed E-state index contributed by atoms with van der Waals surface area (Å²) in [5.41, 5.74) is 5.79. The van der Waals surface area contributed by atoms with E-state index in [-0.39, 0.29) is 0 Å². The van der Waals surface area contributed by atoms with Crippen molar-refractivity contribution in [2.45, 2.75) is 65.3 Å². The van der Waals surface area contributed by atoms with E-state index in [0.717, 1.165) is 6.54 Å². The minimum atomic E-state index is 0.414. The topological polar surface area (TPSA) is 12.0 Å². The monoisotopic (exact) mass is 271 g/mol. The molecule has 0 spiro atoms. The molecule has 1 aliphatic rings. The Labute approximate surface area is 124 Å². The minimum absolute atomic E-state index is 0.414. The highest BCUT2D eigenvalue weighted by atomic mass is 14.9. The lowest BCUT2D eigenvalue weighted by Crippen LogP contribution is -2.23. The fourth-order valence-corrected chi connectivity index (χ4v) is 3.32. The molecular weight excluding hydrogens is 242 g/mol. The van der Waals surface area contributed by atoms with Gasteiger partial charge >= 0.3 is 0 Å². The Morgan fingerprint density at radius 1 is 1.00 bits per heavy atom. The van der Waals surface area contributed by atoms with E-state index in [1.165, 1.54) is 55.2 Å². The molecule has 0 aromatic heterocycles. The normalized spacial score (nSPS) is 20.6. The van der Waals surface area contributed by atoms with Crippen LogP contribution >= 0.6 is 0 Å². The predicted octanol–water partition coefficient (Wildman–Crippen LogP) is 5.23. The summed E-state index contributed by atoms with van der Waals surface area (Å²) in [6.07, 6.45) is 10.5. The highest BCUT2D eigenvalue weighted by Crippen LogP contribution is 2.29. The minimum Gasteiger partial charge on any atom is -0.307 e. The number of allylic oxidation sites excluding steroid dienone is 1. The molecule has 0 amide bonds. The summed E-state index contributed by atoms with van der Waals surface area (Å²) in [6.45, 7) is 7.63. The highest BCUT2D eigenvalue weighted by Gasteiger charge is 2.16. The van der Waals surface area contributed by atoms with Crippen molar-refractivity contribution in [3.8, 4) is 0 Å². The van der Waals surface area contributed by atoms with Gasteiger partial charge in [-0.05, 0) is 51.6 Å². The Kier molecular flexibility index (Phi) is 5.85. The Morgan fingerprint density at radius 2 is 1.70 bits per heavy atom. The van der Waals surface area contributed by atoms with Gasteiger partial charge in [0.2, 0.25) is 0 Å². The van der Waals surface area contributed by atoms with Crippen LogP contribution < -0.4 is 5.32 Å². The van der Waals surface area contributed by atoms with Gasteiger partial charge in [0.1, 0.15) is 0 Å². The van der Waals surface area contributed by atoms with Gasteiger partial charge in [-0.15, -0.1) is 0 Å². The number of benzene rings is 1. The molecule has 20 heavy (non-hydrogen) atoms. The molecule has 1 heteroatoms. The molecule has 1 N–H and O–H groups in total. The van der Waals surface area contributed by atoms with Crippen LogP contribution in [0.2, 0.25) is 0 Å². The van der Waals surface area contributed by atoms with Gasteiger partial charge in [-0.2, -0.15) is 0 Å². The van der Waals surface area contributed by atoms with Crippen molar-refractivity contribution in [2.24, 2.45) is 0 Å². The summed E-state index contributed by atoms with van der Waals surface area (Å²) in [5.74, 6) is 0. The van der Waals surface area contributed by atoms with Gasteiger partial charge in [-0.1, -0.05) is 60.7 Å². The third-order valence-corrected chi connectivity index (χ3v) is 4.18. The Balaban J connectivity index is 2.28. The lowest BCUT2D eigenvalue weighted by molar-refractivity contribution is 0.553. The highest BCUT2D eigenvalue weighted by molar-refractivity contribution is 5.35. The van der Waals surface area contributed by atoms with Crippen LogP contribution in [0.25, 0.3) is 0 Å². The summed E-state index contributed by atoms with van der Waals surface area (Å²) < 4.78 is 0. The van der Waals surface area contributed by atoms with E-state index >= 15 is 0 Å². The first-order chi connectivity index (χ1) is 9.70. The van der Waals surface area contributed by atoms with Gasteiger partial charge in [0.15, 0.2) is 0 Å². The van der Waals surface area contributed by atoms with Crippen molar-refractivity contribution in [1.82, 2.24) is 5.32 Å². The number of aryl methyl sites for hydroxylation is 2. The first-order valence-corrected chi connectivity index (χ1v) is 8.21. The summed E-state index contributed by atoms with van der Waals surface area (Å²) in [4.78, 5) is 0. The standard InChI is InChI=1S/C19H29N/c1-4-20-19(17-10-8-6-5-7-9-11-17)18-13-15(2)12-16(3)14-18/h10,12-14,19-20H,4-9,11H2,1-3H3/b17-10+. The van der Waals surface area contributed by atoms with E-state index in [1.807, 2.05) is 0 Å². The Bertz CT molecular complexity index is 439. The number of hydrogen-bond donors (Lipinski definition) is 1. The molecule has 0 fully saturated rings. The molecule has 0 heterocycles. The number of hydrogen-bond acceptors (Lipinski definition) is 1. The van der Waals surface area contributed by atoms with Gasteiger partial charge < -0.3 is 5.32 Å². The second-order valence-electron chi connectivity index (χ2n) is 6.14.